The average Bonchev–Trinajstić information content (AvgIpc) is 3.22. The molecule has 0 saturated heterocycles. The van der Waals surface area contributed by atoms with Gasteiger partial charge in [0.25, 0.3) is 0 Å². The van der Waals surface area contributed by atoms with E-state index in [1.807, 2.05) is 21.1 Å². The van der Waals surface area contributed by atoms with Crippen LogP contribution in [0.15, 0.2) is 85.1 Å². The van der Waals surface area contributed by atoms with Gasteiger partial charge in [-0.3, -0.25) is 13.8 Å². The van der Waals surface area contributed by atoms with E-state index in [0.29, 0.717) is 24.1 Å². The van der Waals surface area contributed by atoms with Crippen LogP contribution in [0, 0.1) is 0 Å². The van der Waals surface area contributed by atoms with E-state index >= 15 is 0 Å². The predicted molar refractivity (Wildman–Crippen MR) is 261 cm³/mol. The number of hydrogen-bond donors (Lipinski definition) is 1. The quantitative estimate of drug-likeness (QED) is 0.0214. The molecule has 0 radical (unpaired) electrons. The summed E-state index contributed by atoms with van der Waals surface area (Å²) < 4.78 is 35.1. The van der Waals surface area contributed by atoms with Crippen LogP contribution in [0.1, 0.15) is 181 Å². The van der Waals surface area contributed by atoms with Gasteiger partial charge in [0.2, 0.25) is 0 Å². The molecule has 0 fully saturated rings. The summed E-state index contributed by atoms with van der Waals surface area (Å²) in [4.78, 5) is 23.0. The van der Waals surface area contributed by atoms with Crippen LogP contribution in [0.4, 0.5) is 0 Å². The van der Waals surface area contributed by atoms with Crippen molar-refractivity contribution in [3.8, 4) is 0 Å². The first-order valence-corrected chi connectivity index (χ1v) is 25.8. The summed E-state index contributed by atoms with van der Waals surface area (Å²) >= 11 is 0. The zero-order valence-corrected chi connectivity index (χ0v) is 40.8. The van der Waals surface area contributed by atoms with Crippen LogP contribution < -0.4 is 0 Å². The third kappa shape index (κ3) is 48.6. The molecule has 2 unspecified atom stereocenters. The van der Waals surface area contributed by atoms with E-state index in [4.69, 9.17) is 18.5 Å². The molecular formula is C52H93NO7P+. The van der Waals surface area contributed by atoms with Gasteiger partial charge in [0, 0.05) is 13.0 Å². The average molecular weight is 875 g/mol. The third-order valence-electron chi connectivity index (χ3n) is 9.94. The molecule has 0 aromatic rings. The van der Waals surface area contributed by atoms with Crippen LogP contribution in [0.5, 0.6) is 0 Å². The highest BCUT2D eigenvalue weighted by Crippen LogP contribution is 2.43. The molecule has 0 aliphatic carbocycles. The van der Waals surface area contributed by atoms with Crippen molar-refractivity contribution in [3.63, 3.8) is 0 Å². The first-order chi connectivity index (χ1) is 29.6. The number of quaternary nitrogens is 1. The van der Waals surface area contributed by atoms with Gasteiger partial charge in [-0.05, 0) is 89.9 Å². The van der Waals surface area contributed by atoms with Crippen molar-refractivity contribution >= 4 is 13.8 Å². The van der Waals surface area contributed by atoms with Gasteiger partial charge in [-0.25, -0.2) is 4.57 Å². The number of phosphoric acid groups is 1. The van der Waals surface area contributed by atoms with Crippen LogP contribution in [0.25, 0.3) is 0 Å². The predicted octanol–water partition coefficient (Wildman–Crippen LogP) is 14.8. The van der Waals surface area contributed by atoms with Gasteiger partial charge in [-0.15, -0.1) is 0 Å². The Kier molecular flexibility index (Phi) is 42.6. The molecular weight excluding hydrogens is 782 g/mol. The molecule has 8 nitrogen and oxygen atoms in total. The van der Waals surface area contributed by atoms with Crippen molar-refractivity contribution in [1.29, 1.82) is 0 Å². The van der Waals surface area contributed by atoms with Gasteiger partial charge >= 0.3 is 13.8 Å². The van der Waals surface area contributed by atoms with Crippen LogP contribution in [-0.4, -0.2) is 75.6 Å². The van der Waals surface area contributed by atoms with Crippen LogP contribution in [0.2, 0.25) is 0 Å². The number of carbonyl (C=O) groups excluding carboxylic acids is 1. The molecule has 0 heterocycles. The van der Waals surface area contributed by atoms with E-state index in [-0.39, 0.29) is 25.8 Å². The molecule has 0 aliphatic rings. The normalized spacial score (nSPS) is 14.4. The number of nitrogens with zero attached hydrogens (tertiary/aromatic N) is 1. The Hall–Kier alpha value is -2.32. The molecule has 61 heavy (non-hydrogen) atoms. The lowest BCUT2D eigenvalue weighted by Gasteiger charge is -2.24. The van der Waals surface area contributed by atoms with Gasteiger partial charge in [0.15, 0.2) is 0 Å². The second kappa shape index (κ2) is 44.3. The topological polar surface area (TPSA) is 91.3 Å². The van der Waals surface area contributed by atoms with E-state index in [2.05, 4.69) is 98.9 Å². The monoisotopic (exact) mass is 875 g/mol. The lowest BCUT2D eigenvalue weighted by molar-refractivity contribution is -0.870. The molecule has 0 aromatic carbocycles. The minimum atomic E-state index is -4.29. The molecule has 0 aliphatic heterocycles. The Bertz CT molecular complexity index is 1250. The zero-order chi connectivity index (χ0) is 44.8. The largest absolute Gasteiger partial charge is 0.472 e. The smallest absolute Gasteiger partial charge is 0.457 e. The highest BCUT2D eigenvalue weighted by atomic mass is 31.2. The fourth-order valence-corrected chi connectivity index (χ4v) is 6.94. The Labute approximate surface area is 375 Å². The van der Waals surface area contributed by atoms with Crippen LogP contribution >= 0.6 is 7.82 Å². The van der Waals surface area contributed by atoms with Crippen molar-refractivity contribution < 1.29 is 37.3 Å². The summed E-state index contributed by atoms with van der Waals surface area (Å²) in [5.74, 6) is -0.330. The molecule has 9 heteroatoms. The summed E-state index contributed by atoms with van der Waals surface area (Å²) in [7, 11) is 1.64. The number of unbranched alkanes of at least 4 members (excludes halogenated alkanes) is 16. The molecule has 0 amide bonds. The number of carbonyl (C=O) groups is 1. The Balaban J connectivity index is 4.24. The number of likely N-dealkylation sites (N-methyl/N-ethyl adjacent to an activating group) is 1. The van der Waals surface area contributed by atoms with Gasteiger partial charge in [0.05, 0.1) is 34.4 Å². The van der Waals surface area contributed by atoms with Crippen molar-refractivity contribution in [2.24, 2.45) is 0 Å². The minimum absolute atomic E-state index is 0.0792. The number of allylic oxidation sites excluding steroid dienone is 14. The third-order valence-corrected chi connectivity index (χ3v) is 10.9. The van der Waals surface area contributed by atoms with Gasteiger partial charge in [0.1, 0.15) is 19.3 Å². The maximum absolute atomic E-state index is 12.7. The maximum atomic E-state index is 12.7. The Morgan fingerprint density at radius 2 is 0.951 bits per heavy atom. The highest BCUT2D eigenvalue weighted by molar-refractivity contribution is 7.47. The summed E-state index contributed by atoms with van der Waals surface area (Å²) in [5, 5.41) is 0. The number of esters is 1. The number of hydrogen-bond acceptors (Lipinski definition) is 6. The molecule has 0 rings (SSSR count). The summed E-state index contributed by atoms with van der Waals surface area (Å²) in [6.07, 6.45) is 59.0. The van der Waals surface area contributed by atoms with Crippen LogP contribution in [-0.2, 0) is 27.9 Å². The van der Waals surface area contributed by atoms with E-state index < -0.39 is 13.9 Å². The first kappa shape index (κ1) is 58.7. The lowest BCUT2D eigenvalue weighted by atomic mass is 10.1. The fourth-order valence-electron chi connectivity index (χ4n) is 6.20. The first-order valence-electron chi connectivity index (χ1n) is 24.3. The zero-order valence-electron chi connectivity index (χ0n) is 39.9. The van der Waals surface area contributed by atoms with E-state index in [9.17, 15) is 14.3 Å². The second-order valence-corrected chi connectivity index (χ2v) is 18.6. The highest BCUT2D eigenvalue weighted by Gasteiger charge is 2.26. The fraction of sp³-hybridized carbons (Fsp3) is 0.712. The second-order valence-electron chi connectivity index (χ2n) is 17.1. The van der Waals surface area contributed by atoms with Gasteiger partial charge < -0.3 is 18.9 Å². The summed E-state index contributed by atoms with van der Waals surface area (Å²) in [6.45, 7) is 5.42. The van der Waals surface area contributed by atoms with E-state index in [1.54, 1.807) is 0 Å². The summed E-state index contributed by atoms with van der Waals surface area (Å²) in [6, 6.07) is 0. The SMILES string of the molecule is CC/C=C\C/C=C\C/C=C\C/C=C\C/C=C\CCCCCCCCOCC(COP(=O)(O)OCC[N+](C)(C)C)OC(=O)CCCCCCCCC/C=C\C/C=C\CCCCC. The maximum Gasteiger partial charge on any atom is 0.472 e. The molecule has 0 bridgehead atoms. The van der Waals surface area contributed by atoms with Gasteiger partial charge in [-0.1, -0.05) is 170 Å². The summed E-state index contributed by atoms with van der Waals surface area (Å²) in [5.41, 5.74) is 0. The Morgan fingerprint density at radius 1 is 0.525 bits per heavy atom. The Morgan fingerprint density at radius 3 is 1.43 bits per heavy atom. The van der Waals surface area contributed by atoms with Crippen molar-refractivity contribution in [2.75, 3.05) is 54.1 Å². The van der Waals surface area contributed by atoms with Crippen molar-refractivity contribution in [1.82, 2.24) is 0 Å². The number of phosphoric ester groups is 1. The number of rotatable bonds is 44. The van der Waals surface area contributed by atoms with E-state index in [0.717, 1.165) is 89.9 Å². The molecule has 0 aromatic heterocycles. The van der Waals surface area contributed by atoms with Crippen molar-refractivity contribution in [3.05, 3.63) is 85.1 Å². The number of ether oxygens (including phenoxy) is 2. The van der Waals surface area contributed by atoms with E-state index in [1.165, 1.54) is 70.6 Å². The molecule has 0 saturated carbocycles. The molecule has 352 valence electrons. The standard InChI is InChI=1S/C52H92NO7P/c1-6-8-10-12-14-16-18-20-22-24-25-26-27-28-30-32-34-36-38-40-42-44-47-57-49-51(50-59-61(55,56)58-48-46-53(3,4)5)60-52(54)45-43-41-39-37-35-33-31-29-23-21-19-17-15-13-11-9-7-2/h8,10,14-17,20-23,25-26,28,30,51H,6-7,9,11-13,18-19,24,27,29,31-50H2,1-5H3/p+1/b10-8-,16-14-,17-15-,22-20-,23-21-,26-25-,30-28-. The molecule has 1 N–H and O–H groups in total. The van der Waals surface area contributed by atoms with Gasteiger partial charge in [-0.2, -0.15) is 0 Å². The minimum Gasteiger partial charge on any atom is -0.457 e. The molecule has 0 spiro atoms. The van der Waals surface area contributed by atoms with Crippen molar-refractivity contribution in [2.45, 2.75) is 187 Å². The molecule has 2 atom stereocenters. The van der Waals surface area contributed by atoms with Crippen LogP contribution in [0.3, 0.4) is 0 Å². The lowest BCUT2D eigenvalue weighted by Crippen LogP contribution is -2.37.